The van der Waals surface area contributed by atoms with Gasteiger partial charge in [-0.3, -0.25) is 4.79 Å². The second kappa shape index (κ2) is 61.2. The van der Waals surface area contributed by atoms with Crippen molar-refractivity contribution in [3.8, 4) is 0 Å². The summed E-state index contributed by atoms with van der Waals surface area (Å²) in [6, 6.07) is -0.805. The zero-order valence-electron chi connectivity index (χ0n) is 53.3. The van der Waals surface area contributed by atoms with Crippen LogP contribution in [0.5, 0.6) is 0 Å². The number of rotatable bonds is 62. The Morgan fingerprint density at radius 3 is 1.07 bits per heavy atom. The van der Waals surface area contributed by atoms with Crippen molar-refractivity contribution in [1.29, 1.82) is 0 Å². The first-order valence-corrected chi connectivity index (χ1v) is 35.4. The largest absolute Gasteiger partial charge is 0.394 e. The van der Waals surface area contributed by atoms with Crippen molar-refractivity contribution >= 4 is 5.91 Å². The van der Waals surface area contributed by atoms with Crippen molar-refractivity contribution in [3.05, 3.63) is 48.6 Å². The lowest BCUT2D eigenvalue weighted by Crippen LogP contribution is -2.60. The highest BCUT2D eigenvalue weighted by atomic mass is 16.7. The number of carbonyl (C=O) groups is 1. The fourth-order valence-corrected chi connectivity index (χ4v) is 11.3. The monoisotopic (exact) mass is 1140 g/mol. The molecule has 1 aliphatic rings. The molecule has 7 unspecified atom stereocenters. The Kier molecular flexibility index (Phi) is 58.3. The number of allylic oxidation sites excluding steroid dienone is 7. The molecule has 1 heterocycles. The number of hydrogen-bond donors (Lipinski definition) is 6. The van der Waals surface area contributed by atoms with Gasteiger partial charge < -0.3 is 40.3 Å². The van der Waals surface area contributed by atoms with Crippen LogP contribution in [0.15, 0.2) is 48.6 Å². The third-order valence-electron chi connectivity index (χ3n) is 16.9. The molecule has 0 saturated carbocycles. The minimum Gasteiger partial charge on any atom is -0.394 e. The summed E-state index contributed by atoms with van der Waals surface area (Å²) < 4.78 is 11.3. The molecule has 1 amide bonds. The van der Waals surface area contributed by atoms with E-state index in [0.29, 0.717) is 6.42 Å². The molecular weight excluding hydrogens is 1010 g/mol. The Balaban J connectivity index is 2.08. The van der Waals surface area contributed by atoms with Gasteiger partial charge in [0.15, 0.2) is 6.29 Å². The molecule has 1 aliphatic heterocycles. The normalized spacial score (nSPS) is 18.6. The topological polar surface area (TPSA) is 149 Å². The van der Waals surface area contributed by atoms with Crippen LogP contribution in [0.25, 0.3) is 0 Å². The van der Waals surface area contributed by atoms with E-state index in [1.807, 2.05) is 6.08 Å². The maximum atomic E-state index is 13.1. The molecule has 0 radical (unpaired) electrons. The first-order valence-electron chi connectivity index (χ1n) is 35.4. The fourth-order valence-electron chi connectivity index (χ4n) is 11.3. The van der Waals surface area contributed by atoms with Crippen molar-refractivity contribution in [1.82, 2.24) is 5.32 Å². The van der Waals surface area contributed by atoms with Gasteiger partial charge in [-0.15, -0.1) is 0 Å². The van der Waals surface area contributed by atoms with Gasteiger partial charge in [-0.25, -0.2) is 0 Å². The summed E-state index contributed by atoms with van der Waals surface area (Å²) in [7, 11) is 0. The smallest absolute Gasteiger partial charge is 0.220 e. The molecule has 81 heavy (non-hydrogen) atoms. The summed E-state index contributed by atoms with van der Waals surface area (Å²) in [6.45, 7) is 3.81. The lowest BCUT2D eigenvalue weighted by molar-refractivity contribution is -0.302. The highest BCUT2D eigenvalue weighted by Crippen LogP contribution is 2.23. The van der Waals surface area contributed by atoms with E-state index in [1.54, 1.807) is 6.08 Å². The Bertz CT molecular complexity index is 1420. The Labute approximate surface area is 501 Å². The van der Waals surface area contributed by atoms with Crippen molar-refractivity contribution in [2.45, 2.75) is 391 Å². The Hall–Kier alpha value is -1.85. The van der Waals surface area contributed by atoms with E-state index in [9.17, 15) is 30.3 Å². The molecule has 0 spiro atoms. The van der Waals surface area contributed by atoms with Gasteiger partial charge in [0.1, 0.15) is 24.4 Å². The van der Waals surface area contributed by atoms with Gasteiger partial charge >= 0.3 is 0 Å². The third-order valence-corrected chi connectivity index (χ3v) is 16.9. The minimum atomic E-state index is -1.57. The molecule has 476 valence electrons. The van der Waals surface area contributed by atoms with Crippen LogP contribution in [0.3, 0.4) is 0 Å². The van der Waals surface area contributed by atoms with Gasteiger partial charge in [0.25, 0.3) is 0 Å². The van der Waals surface area contributed by atoms with E-state index in [2.05, 4.69) is 55.6 Å². The number of amides is 1. The number of aliphatic hydroxyl groups is 5. The predicted molar refractivity (Wildman–Crippen MR) is 346 cm³/mol. The van der Waals surface area contributed by atoms with Gasteiger partial charge in [-0.2, -0.15) is 0 Å². The summed E-state index contributed by atoms with van der Waals surface area (Å²) in [5.74, 6) is -0.170. The zero-order valence-corrected chi connectivity index (χ0v) is 53.3. The average molecular weight is 1140 g/mol. The van der Waals surface area contributed by atoms with Crippen LogP contribution in [-0.2, 0) is 14.3 Å². The molecule has 1 rings (SSSR count). The third kappa shape index (κ3) is 50.1. The van der Waals surface area contributed by atoms with Gasteiger partial charge in [0.05, 0.1) is 25.4 Å². The molecule has 1 fully saturated rings. The zero-order chi connectivity index (χ0) is 58.6. The molecule has 0 aliphatic carbocycles. The lowest BCUT2D eigenvalue weighted by Gasteiger charge is -2.40. The van der Waals surface area contributed by atoms with Crippen LogP contribution in [0, 0.1) is 0 Å². The molecule has 9 nitrogen and oxygen atoms in total. The number of unbranched alkanes of at least 4 members (excludes halogenated alkanes) is 46. The Morgan fingerprint density at radius 2 is 0.728 bits per heavy atom. The van der Waals surface area contributed by atoms with Crippen molar-refractivity contribution < 1.29 is 39.8 Å². The van der Waals surface area contributed by atoms with Crippen LogP contribution >= 0.6 is 0 Å². The number of aliphatic hydroxyl groups excluding tert-OH is 5. The number of ether oxygens (including phenoxy) is 2. The van der Waals surface area contributed by atoms with Crippen LogP contribution < -0.4 is 5.32 Å². The summed E-state index contributed by atoms with van der Waals surface area (Å²) in [5.41, 5.74) is 0. The molecule has 0 bridgehead atoms. The molecule has 6 N–H and O–H groups in total. The molecule has 7 atom stereocenters. The summed E-state index contributed by atoms with van der Waals surface area (Å²) in [4.78, 5) is 13.1. The number of carbonyl (C=O) groups excluding carboxylic acids is 1. The van der Waals surface area contributed by atoms with Crippen molar-refractivity contribution in [2.75, 3.05) is 13.2 Å². The SMILES string of the molecule is CCCCCCC/C=C\C/C=C\C/C=C\CCCCCCCCCCCCCCCCCCCCCCCCC(=O)NC(COC1OC(CO)C(O)C(O)C1O)C(O)/C=C/CCCCCCCCCCCCCCCCCCCCC. The van der Waals surface area contributed by atoms with E-state index in [-0.39, 0.29) is 12.5 Å². The fraction of sp³-hybridized carbons (Fsp3) is 0.875. The second-order valence-electron chi connectivity index (χ2n) is 24.7. The highest BCUT2D eigenvalue weighted by molar-refractivity contribution is 5.76. The van der Waals surface area contributed by atoms with Crippen LogP contribution in [0.4, 0.5) is 0 Å². The predicted octanol–water partition coefficient (Wildman–Crippen LogP) is 19.2. The molecule has 9 heteroatoms. The van der Waals surface area contributed by atoms with Crippen molar-refractivity contribution in [2.24, 2.45) is 0 Å². The number of nitrogens with one attached hydrogen (secondary N) is 1. The van der Waals surface area contributed by atoms with Crippen LogP contribution in [-0.4, -0.2) is 87.5 Å². The van der Waals surface area contributed by atoms with E-state index in [1.165, 1.54) is 276 Å². The van der Waals surface area contributed by atoms with E-state index in [0.717, 1.165) is 51.4 Å². The summed E-state index contributed by atoms with van der Waals surface area (Å²) in [5, 5.41) is 54.7. The van der Waals surface area contributed by atoms with E-state index < -0.39 is 49.5 Å². The van der Waals surface area contributed by atoms with Gasteiger partial charge in [0, 0.05) is 6.42 Å². The van der Waals surface area contributed by atoms with Gasteiger partial charge in [-0.05, 0) is 57.8 Å². The van der Waals surface area contributed by atoms with E-state index in [4.69, 9.17) is 9.47 Å². The first kappa shape index (κ1) is 77.2. The van der Waals surface area contributed by atoms with Gasteiger partial charge in [0.2, 0.25) is 5.91 Å². The lowest BCUT2D eigenvalue weighted by atomic mass is 9.99. The van der Waals surface area contributed by atoms with Crippen LogP contribution in [0.1, 0.15) is 348 Å². The molecule has 0 aromatic heterocycles. The highest BCUT2D eigenvalue weighted by Gasteiger charge is 2.44. The summed E-state index contributed by atoms with van der Waals surface area (Å²) >= 11 is 0. The Morgan fingerprint density at radius 1 is 0.420 bits per heavy atom. The standard InChI is InChI=1S/C72H135NO8/c1-3-5-7-9-11-13-15-17-19-21-23-25-26-27-28-29-30-31-32-33-34-35-36-37-38-39-40-42-44-46-48-50-52-54-56-58-60-62-68(76)73-65(64-80-72-71(79)70(78)69(77)67(63-74)81-72)66(75)61-59-57-55-53-51-49-47-45-43-41-24-22-20-18-16-14-12-10-8-6-4-2/h15,17,21,23,26-27,59,61,65-67,69-72,74-75,77-79H,3-14,16,18-20,22,24-25,28-58,60,62-64H2,1-2H3,(H,73,76)/b17-15-,23-21-,27-26-,61-59+. The summed E-state index contributed by atoms with van der Waals surface area (Å²) in [6.07, 6.45) is 76.5. The first-order chi connectivity index (χ1) is 39.8. The molecule has 0 aromatic carbocycles. The maximum Gasteiger partial charge on any atom is 0.220 e. The average Bonchev–Trinajstić information content (AvgIpc) is 3.49. The number of hydrogen-bond acceptors (Lipinski definition) is 8. The quantitative estimate of drug-likeness (QED) is 0.0261. The van der Waals surface area contributed by atoms with Crippen molar-refractivity contribution in [3.63, 3.8) is 0 Å². The molecule has 1 saturated heterocycles. The second-order valence-corrected chi connectivity index (χ2v) is 24.7. The van der Waals surface area contributed by atoms with E-state index >= 15 is 0 Å². The minimum absolute atomic E-state index is 0.170. The van der Waals surface area contributed by atoms with Crippen LogP contribution in [0.2, 0.25) is 0 Å². The maximum absolute atomic E-state index is 13.1. The molecular formula is C72H135NO8. The molecule has 0 aromatic rings. The van der Waals surface area contributed by atoms with Gasteiger partial charge in [-0.1, -0.05) is 332 Å².